The molecule has 2 nitrogen and oxygen atoms in total. The van der Waals surface area contributed by atoms with Crippen molar-refractivity contribution in [1.29, 1.82) is 0 Å². The first kappa shape index (κ1) is 13.3. The lowest BCUT2D eigenvalue weighted by Gasteiger charge is -2.40. The minimum Gasteiger partial charge on any atom is -0.374 e. The molecule has 0 bridgehead atoms. The van der Waals surface area contributed by atoms with Gasteiger partial charge in [-0.25, -0.2) is 4.39 Å². The Morgan fingerprint density at radius 3 is 2.39 bits per heavy atom. The van der Waals surface area contributed by atoms with Crippen molar-refractivity contribution in [2.45, 2.75) is 26.2 Å². The largest absolute Gasteiger partial charge is 0.374 e. The van der Waals surface area contributed by atoms with Gasteiger partial charge in [0.25, 0.3) is 0 Å². The molecule has 1 N–H and O–H groups in total. The van der Waals surface area contributed by atoms with Crippen molar-refractivity contribution >= 4 is 5.69 Å². The molecule has 0 atom stereocenters. The molecule has 0 saturated carbocycles. The molecule has 1 aromatic carbocycles. The van der Waals surface area contributed by atoms with Crippen LogP contribution in [0.15, 0.2) is 24.3 Å². The van der Waals surface area contributed by atoms with Crippen LogP contribution in [0.4, 0.5) is 10.1 Å². The van der Waals surface area contributed by atoms with Crippen LogP contribution >= 0.6 is 0 Å². The summed E-state index contributed by atoms with van der Waals surface area (Å²) in [6.45, 7) is 5.57. The van der Waals surface area contributed by atoms with Crippen LogP contribution in [0.25, 0.3) is 0 Å². The van der Waals surface area contributed by atoms with Gasteiger partial charge in [-0.2, -0.15) is 0 Å². The molecule has 1 aromatic rings. The highest BCUT2D eigenvalue weighted by Gasteiger charge is 2.31. The molecule has 1 heterocycles. The third-order valence-electron chi connectivity index (χ3n) is 4.25. The van der Waals surface area contributed by atoms with Gasteiger partial charge in [0.15, 0.2) is 0 Å². The fourth-order valence-electron chi connectivity index (χ4n) is 2.87. The second-order valence-corrected chi connectivity index (χ2v) is 5.44. The summed E-state index contributed by atoms with van der Waals surface area (Å²) in [6, 6.07) is 6.79. The van der Waals surface area contributed by atoms with E-state index in [1.807, 2.05) is 12.1 Å². The topological polar surface area (TPSA) is 15.3 Å². The SMILES string of the molecule is CCC1(CN(C)c2ccc(F)cc2)CCNCC1. The first-order chi connectivity index (χ1) is 8.65. The Kier molecular flexibility index (Phi) is 4.23. The van der Waals surface area contributed by atoms with E-state index in [0.29, 0.717) is 5.41 Å². The normalized spacial score (nSPS) is 18.6. The number of nitrogens with one attached hydrogen (secondary N) is 1. The molecular weight excluding hydrogens is 227 g/mol. The van der Waals surface area contributed by atoms with Crippen molar-refractivity contribution in [3.63, 3.8) is 0 Å². The zero-order chi connectivity index (χ0) is 13.0. The molecule has 0 spiro atoms. The summed E-state index contributed by atoms with van der Waals surface area (Å²) in [4.78, 5) is 2.26. The van der Waals surface area contributed by atoms with E-state index in [1.165, 1.54) is 31.4 Å². The number of nitrogens with zero attached hydrogens (tertiary/aromatic N) is 1. The molecule has 1 aliphatic rings. The highest BCUT2D eigenvalue weighted by atomic mass is 19.1. The highest BCUT2D eigenvalue weighted by Crippen LogP contribution is 2.34. The van der Waals surface area contributed by atoms with Crippen molar-refractivity contribution in [1.82, 2.24) is 5.32 Å². The van der Waals surface area contributed by atoms with Crippen molar-refractivity contribution in [3.8, 4) is 0 Å². The second-order valence-electron chi connectivity index (χ2n) is 5.44. The first-order valence-corrected chi connectivity index (χ1v) is 6.83. The van der Waals surface area contributed by atoms with Crippen molar-refractivity contribution in [2.24, 2.45) is 5.41 Å². The zero-order valence-corrected chi connectivity index (χ0v) is 11.4. The smallest absolute Gasteiger partial charge is 0.123 e. The van der Waals surface area contributed by atoms with Crippen molar-refractivity contribution < 1.29 is 4.39 Å². The number of halogens is 1. The summed E-state index contributed by atoms with van der Waals surface area (Å²) < 4.78 is 12.9. The van der Waals surface area contributed by atoms with Gasteiger partial charge in [0, 0.05) is 19.3 Å². The lowest BCUT2D eigenvalue weighted by atomic mass is 9.76. The summed E-state index contributed by atoms with van der Waals surface area (Å²) >= 11 is 0. The number of piperidine rings is 1. The predicted molar refractivity (Wildman–Crippen MR) is 74.5 cm³/mol. The molecule has 0 amide bonds. The van der Waals surface area contributed by atoms with Gasteiger partial charge in [-0.15, -0.1) is 0 Å². The van der Waals surface area contributed by atoms with E-state index in [2.05, 4.69) is 24.2 Å². The number of hydrogen-bond donors (Lipinski definition) is 1. The Hall–Kier alpha value is -1.09. The Balaban J connectivity index is 2.04. The fourth-order valence-corrected chi connectivity index (χ4v) is 2.87. The zero-order valence-electron chi connectivity index (χ0n) is 11.4. The number of rotatable bonds is 4. The van der Waals surface area contributed by atoms with Gasteiger partial charge >= 0.3 is 0 Å². The molecule has 2 rings (SSSR count). The number of hydrogen-bond acceptors (Lipinski definition) is 2. The molecule has 0 radical (unpaired) electrons. The van der Waals surface area contributed by atoms with Crippen LogP contribution in [0.5, 0.6) is 0 Å². The first-order valence-electron chi connectivity index (χ1n) is 6.83. The van der Waals surface area contributed by atoms with E-state index in [1.54, 1.807) is 0 Å². The van der Waals surface area contributed by atoms with E-state index in [0.717, 1.165) is 25.3 Å². The van der Waals surface area contributed by atoms with Gasteiger partial charge < -0.3 is 10.2 Å². The lowest BCUT2D eigenvalue weighted by molar-refractivity contribution is 0.200. The van der Waals surface area contributed by atoms with E-state index in [-0.39, 0.29) is 5.82 Å². The summed E-state index contributed by atoms with van der Waals surface area (Å²) in [5.74, 6) is -0.167. The summed E-state index contributed by atoms with van der Waals surface area (Å²) in [6.07, 6.45) is 3.67. The monoisotopic (exact) mass is 250 g/mol. The van der Waals surface area contributed by atoms with Crippen LogP contribution in [0.2, 0.25) is 0 Å². The maximum atomic E-state index is 12.9. The average molecular weight is 250 g/mol. The molecular formula is C15H23FN2. The molecule has 1 aliphatic heterocycles. The van der Waals surface area contributed by atoms with Gasteiger partial charge in [-0.1, -0.05) is 6.92 Å². The maximum Gasteiger partial charge on any atom is 0.123 e. The molecule has 0 unspecified atom stereocenters. The molecule has 18 heavy (non-hydrogen) atoms. The summed E-state index contributed by atoms with van der Waals surface area (Å²) in [7, 11) is 2.10. The average Bonchev–Trinajstić information content (AvgIpc) is 2.40. The van der Waals surface area contributed by atoms with Crippen LogP contribution in [-0.4, -0.2) is 26.7 Å². The minimum absolute atomic E-state index is 0.167. The molecule has 0 aromatic heterocycles. The van der Waals surface area contributed by atoms with Crippen LogP contribution in [0, 0.1) is 11.2 Å². The Bertz CT molecular complexity index is 369. The van der Waals surface area contributed by atoms with Gasteiger partial charge in [0.1, 0.15) is 5.82 Å². The summed E-state index contributed by atoms with van der Waals surface area (Å²) in [5, 5.41) is 3.43. The number of anilines is 1. The van der Waals surface area contributed by atoms with Gasteiger partial charge in [0.05, 0.1) is 0 Å². The second kappa shape index (κ2) is 5.70. The van der Waals surface area contributed by atoms with Crippen LogP contribution in [0.1, 0.15) is 26.2 Å². The lowest BCUT2D eigenvalue weighted by Crippen LogP contribution is -2.43. The Morgan fingerprint density at radius 1 is 1.22 bits per heavy atom. The quantitative estimate of drug-likeness (QED) is 0.883. The van der Waals surface area contributed by atoms with E-state index >= 15 is 0 Å². The van der Waals surface area contributed by atoms with E-state index in [9.17, 15) is 4.39 Å². The summed E-state index contributed by atoms with van der Waals surface area (Å²) in [5.41, 5.74) is 1.51. The Morgan fingerprint density at radius 2 is 1.83 bits per heavy atom. The van der Waals surface area contributed by atoms with Crippen molar-refractivity contribution in [3.05, 3.63) is 30.1 Å². The predicted octanol–water partition coefficient (Wildman–Crippen LogP) is 3.04. The maximum absolute atomic E-state index is 12.9. The van der Waals surface area contributed by atoms with E-state index in [4.69, 9.17) is 0 Å². The van der Waals surface area contributed by atoms with Crippen LogP contribution in [0.3, 0.4) is 0 Å². The van der Waals surface area contributed by atoms with Gasteiger partial charge in [0.2, 0.25) is 0 Å². The third-order valence-corrected chi connectivity index (χ3v) is 4.25. The highest BCUT2D eigenvalue weighted by molar-refractivity contribution is 5.45. The fraction of sp³-hybridized carbons (Fsp3) is 0.600. The van der Waals surface area contributed by atoms with Crippen LogP contribution < -0.4 is 10.2 Å². The van der Waals surface area contributed by atoms with E-state index < -0.39 is 0 Å². The molecule has 100 valence electrons. The molecule has 0 aliphatic carbocycles. The third kappa shape index (κ3) is 3.02. The number of benzene rings is 1. The standard InChI is InChI=1S/C15H23FN2/c1-3-15(8-10-17-11-9-15)12-18(2)14-6-4-13(16)5-7-14/h4-7,17H,3,8-12H2,1-2H3. The van der Waals surface area contributed by atoms with Crippen LogP contribution in [-0.2, 0) is 0 Å². The van der Waals surface area contributed by atoms with Gasteiger partial charge in [-0.3, -0.25) is 0 Å². The minimum atomic E-state index is -0.167. The molecule has 1 fully saturated rings. The molecule has 1 saturated heterocycles. The van der Waals surface area contributed by atoms with Crippen molar-refractivity contribution in [2.75, 3.05) is 31.6 Å². The van der Waals surface area contributed by atoms with Gasteiger partial charge in [-0.05, 0) is 62.0 Å². The molecule has 3 heteroatoms. The Labute approximate surface area is 109 Å².